The second kappa shape index (κ2) is 6.17. The molecule has 0 saturated heterocycles. The van der Waals surface area contributed by atoms with E-state index in [1.165, 1.54) is 0 Å². The first-order chi connectivity index (χ1) is 12.9. The number of allylic oxidation sites excluding steroid dienone is 3. The molecule has 0 spiro atoms. The standard InChI is InChI=1S/C22H20N2O3/c1-22(2)11-17(26)20-18(12-22)27-21(24-9-3-4-10-24)16(13-23)19(20)14-5-7-15(25)8-6-14/h3-10,19,25H,11-12H2,1-2H3. The van der Waals surface area contributed by atoms with Gasteiger partial charge in [0.05, 0.1) is 5.92 Å². The average Bonchev–Trinajstić information content (AvgIpc) is 3.14. The molecule has 2 aromatic rings. The number of benzene rings is 1. The number of rotatable bonds is 2. The molecule has 2 heterocycles. The largest absolute Gasteiger partial charge is 0.508 e. The van der Waals surface area contributed by atoms with E-state index in [4.69, 9.17) is 4.74 Å². The summed E-state index contributed by atoms with van der Waals surface area (Å²) < 4.78 is 7.91. The summed E-state index contributed by atoms with van der Waals surface area (Å²) in [5.41, 5.74) is 1.55. The fraction of sp³-hybridized carbons (Fsp3) is 0.273. The maximum Gasteiger partial charge on any atom is 0.218 e. The Morgan fingerprint density at radius 3 is 2.48 bits per heavy atom. The monoisotopic (exact) mass is 360 g/mol. The number of phenolic OH excluding ortho intramolecular Hbond substituents is 1. The lowest BCUT2D eigenvalue weighted by atomic mass is 9.70. The highest BCUT2D eigenvalue weighted by molar-refractivity contribution is 6.00. The van der Waals surface area contributed by atoms with E-state index in [0.29, 0.717) is 35.6 Å². The van der Waals surface area contributed by atoms with Crippen LogP contribution in [0.1, 0.15) is 38.2 Å². The molecule has 1 aliphatic heterocycles. The van der Waals surface area contributed by atoms with E-state index < -0.39 is 5.92 Å². The second-order valence-corrected chi connectivity index (χ2v) is 7.83. The van der Waals surface area contributed by atoms with E-state index >= 15 is 0 Å². The number of carbonyl (C=O) groups is 1. The number of carbonyl (C=O) groups excluding carboxylic acids is 1. The van der Waals surface area contributed by atoms with Crippen LogP contribution in [0.25, 0.3) is 5.88 Å². The molecule has 0 fully saturated rings. The number of hydrogen-bond donors (Lipinski definition) is 1. The van der Waals surface area contributed by atoms with Gasteiger partial charge in [-0.3, -0.25) is 9.36 Å². The van der Waals surface area contributed by atoms with E-state index in [1.807, 2.05) is 38.4 Å². The lowest BCUT2D eigenvalue weighted by molar-refractivity contribution is -0.118. The van der Waals surface area contributed by atoms with Crippen molar-refractivity contribution in [1.82, 2.24) is 4.57 Å². The summed E-state index contributed by atoms with van der Waals surface area (Å²) in [6, 6.07) is 12.7. The van der Waals surface area contributed by atoms with Crippen LogP contribution in [0.4, 0.5) is 0 Å². The summed E-state index contributed by atoms with van der Waals surface area (Å²) in [4.78, 5) is 13.0. The Morgan fingerprint density at radius 1 is 1.19 bits per heavy atom. The molecule has 0 amide bonds. The van der Waals surface area contributed by atoms with Crippen molar-refractivity contribution in [3.63, 3.8) is 0 Å². The number of nitriles is 1. The van der Waals surface area contributed by atoms with Crippen LogP contribution in [0.3, 0.4) is 0 Å². The molecule has 4 rings (SSSR count). The topological polar surface area (TPSA) is 75.2 Å². The van der Waals surface area contributed by atoms with Crippen molar-refractivity contribution >= 4 is 11.7 Å². The molecule has 1 atom stereocenters. The van der Waals surface area contributed by atoms with E-state index in [0.717, 1.165) is 5.56 Å². The average molecular weight is 360 g/mol. The number of phenols is 1. The van der Waals surface area contributed by atoms with Crippen molar-refractivity contribution in [2.75, 3.05) is 0 Å². The fourth-order valence-corrected chi connectivity index (χ4v) is 3.90. The molecule has 1 aromatic carbocycles. The maximum atomic E-state index is 13.0. The predicted octanol–water partition coefficient (Wildman–Crippen LogP) is 4.34. The highest BCUT2D eigenvalue weighted by Crippen LogP contribution is 2.49. The van der Waals surface area contributed by atoms with Gasteiger partial charge >= 0.3 is 0 Å². The van der Waals surface area contributed by atoms with Crippen molar-refractivity contribution < 1.29 is 14.6 Å². The van der Waals surface area contributed by atoms with Gasteiger partial charge in [-0.2, -0.15) is 5.26 Å². The van der Waals surface area contributed by atoms with Gasteiger partial charge < -0.3 is 9.84 Å². The van der Waals surface area contributed by atoms with E-state index in [2.05, 4.69) is 6.07 Å². The van der Waals surface area contributed by atoms with Crippen molar-refractivity contribution in [2.24, 2.45) is 5.41 Å². The fourth-order valence-electron chi connectivity index (χ4n) is 3.90. The first-order valence-electron chi connectivity index (χ1n) is 8.90. The number of aromatic nitrogens is 1. The second-order valence-electron chi connectivity index (χ2n) is 7.83. The summed E-state index contributed by atoms with van der Waals surface area (Å²) in [6.45, 7) is 4.10. The molecule has 0 saturated carbocycles. The van der Waals surface area contributed by atoms with Crippen molar-refractivity contribution in [3.05, 3.63) is 71.3 Å². The number of nitrogens with zero attached hydrogens (tertiary/aromatic N) is 2. The Kier molecular flexibility index (Phi) is 3.92. The summed E-state index contributed by atoms with van der Waals surface area (Å²) in [6.07, 6.45) is 4.69. The Balaban J connectivity index is 1.94. The van der Waals surface area contributed by atoms with Crippen LogP contribution in [-0.4, -0.2) is 15.5 Å². The minimum absolute atomic E-state index is 0.0126. The van der Waals surface area contributed by atoms with Gasteiger partial charge in [-0.25, -0.2) is 0 Å². The summed E-state index contributed by atoms with van der Waals surface area (Å²) in [5.74, 6) is 0.727. The zero-order valence-electron chi connectivity index (χ0n) is 15.3. The Hall–Kier alpha value is -3.26. The molecule has 27 heavy (non-hydrogen) atoms. The van der Waals surface area contributed by atoms with Gasteiger partial charge in [-0.05, 0) is 35.2 Å². The van der Waals surface area contributed by atoms with Gasteiger partial charge in [-0.1, -0.05) is 26.0 Å². The molecular formula is C22H20N2O3. The highest BCUT2D eigenvalue weighted by atomic mass is 16.5. The molecule has 5 heteroatoms. The summed E-state index contributed by atoms with van der Waals surface area (Å²) in [7, 11) is 0. The van der Waals surface area contributed by atoms with E-state index in [1.54, 1.807) is 28.8 Å². The Bertz CT molecular complexity index is 1000. The molecule has 1 unspecified atom stereocenters. The van der Waals surface area contributed by atoms with Gasteiger partial charge in [0.2, 0.25) is 5.88 Å². The summed E-state index contributed by atoms with van der Waals surface area (Å²) in [5, 5.41) is 19.6. The van der Waals surface area contributed by atoms with Gasteiger partial charge in [0.25, 0.3) is 0 Å². The zero-order chi connectivity index (χ0) is 19.2. The third kappa shape index (κ3) is 2.93. The maximum absolute atomic E-state index is 13.0. The number of ketones is 1. The molecule has 1 aliphatic carbocycles. The quantitative estimate of drug-likeness (QED) is 0.864. The van der Waals surface area contributed by atoms with E-state index in [-0.39, 0.29) is 16.9 Å². The Labute approximate surface area is 157 Å². The van der Waals surface area contributed by atoms with Crippen LogP contribution in [0, 0.1) is 16.7 Å². The molecular weight excluding hydrogens is 340 g/mol. The first kappa shape index (κ1) is 17.2. The molecule has 5 nitrogen and oxygen atoms in total. The van der Waals surface area contributed by atoms with Gasteiger partial charge in [-0.15, -0.1) is 0 Å². The van der Waals surface area contributed by atoms with E-state index in [9.17, 15) is 15.2 Å². The lowest BCUT2D eigenvalue weighted by Gasteiger charge is -2.38. The van der Waals surface area contributed by atoms with Crippen LogP contribution in [0.5, 0.6) is 5.75 Å². The van der Waals surface area contributed by atoms with Crippen molar-refractivity contribution in [1.29, 1.82) is 5.26 Å². The third-order valence-electron chi connectivity index (χ3n) is 5.09. The highest BCUT2D eigenvalue weighted by Gasteiger charge is 2.43. The van der Waals surface area contributed by atoms with Crippen molar-refractivity contribution in [3.8, 4) is 11.8 Å². The van der Waals surface area contributed by atoms with Gasteiger partial charge in [0.1, 0.15) is 23.2 Å². The van der Waals surface area contributed by atoms with Crippen LogP contribution < -0.4 is 0 Å². The normalized spacial score (nSPS) is 21.5. The molecule has 0 bridgehead atoms. The third-order valence-corrected chi connectivity index (χ3v) is 5.09. The van der Waals surface area contributed by atoms with Gasteiger partial charge in [0.15, 0.2) is 5.78 Å². The molecule has 1 N–H and O–H groups in total. The lowest BCUT2D eigenvalue weighted by Crippen LogP contribution is -2.32. The van der Waals surface area contributed by atoms with Crippen molar-refractivity contribution in [2.45, 2.75) is 32.6 Å². The smallest absolute Gasteiger partial charge is 0.218 e. The predicted molar refractivity (Wildman–Crippen MR) is 100 cm³/mol. The summed E-state index contributed by atoms with van der Waals surface area (Å²) >= 11 is 0. The minimum Gasteiger partial charge on any atom is -0.508 e. The van der Waals surface area contributed by atoms with Crippen LogP contribution in [0.15, 0.2) is 65.7 Å². The zero-order valence-corrected chi connectivity index (χ0v) is 15.3. The van der Waals surface area contributed by atoms with Crippen LogP contribution in [-0.2, 0) is 9.53 Å². The number of aromatic hydroxyl groups is 1. The first-order valence-corrected chi connectivity index (χ1v) is 8.90. The molecule has 0 radical (unpaired) electrons. The van der Waals surface area contributed by atoms with Crippen LogP contribution >= 0.6 is 0 Å². The Morgan fingerprint density at radius 2 is 1.85 bits per heavy atom. The van der Waals surface area contributed by atoms with Crippen LogP contribution in [0.2, 0.25) is 0 Å². The molecule has 1 aromatic heterocycles. The molecule has 136 valence electrons. The number of hydrogen-bond acceptors (Lipinski definition) is 4. The van der Waals surface area contributed by atoms with Gasteiger partial charge in [0, 0.05) is 30.8 Å². The number of ether oxygens (including phenoxy) is 1. The molecule has 2 aliphatic rings. The SMILES string of the molecule is CC1(C)CC(=O)C2=C(C1)OC(n1cccc1)=C(C#N)C2c1ccc(O)cc1. The number of Topliss-reactive ketones (excluding diaryl/α,β-unsaturated/α-hetero) is 1. The minimum atomic E-state index is -0.500.